The minimum absolute atomic E-state index is 0.0194. The second-order valence-corrected chi connectivity index (χ2v) is 6.54. The Bertz CT molecular complexity index is 601. The van der Waals surface area contributed by atoms with Crippen molar-refractivity contribution in [3.63, 3.8) is 0 Å². The van der Waals surface area contributed by atoms with Crippen LogP contribution in [0.3, 0.4) is 0 Å². The smallest absolute Gasteiger partial charge is 0.253 e. The lowest BCUT2D eigenvalue weighted by Gasteiger charge is -2.28. The molecule has 1 N–H and O–H groups in total. The lowest BCUT2D eigenvalue weighted by molar-refractivity contribution is 0.0663. The first kappa shape index (κ1) is 16.3. The van der Waals surface area contributed by atoms with E-state index in [0.29, 0.717) is 12.1 Å². The molecule has 1 aromatic heterocycles. The van der Waals surface area contributed by atoms with E-state index in [1.54, 1.807) is 11.9 Å². The zero-order valence-corrected chi connectivity index (χ0v) is 13.5. The molecule has 0 fully saturated rings. The molecule has 2 rings (SSSR count). The molecule has 0 aliphatic heterocycles. The highest BCUT2D eigenvalue weighted by Gasteiger charge is 2.22. The predicted octanol–water partition coefficient (Wildman–Crippen LogP) is 2.63. The third kappa shape index (κ3) is 4.21. The minimum Gasteiger partial charge on any atom is -0.396 e. The number of nitrogens with zero attached hydrogens (tertiary/aromatic N) is 2. The van der Waals surface area contributed by atoms with Gasteiger partial charge in [-0.3, -0.25) is 4.79 Å². The Morgan fingerprint density at radius 1 is 1.18 bits per heavy atom. The van der Waals surface area contributed by atoms with Crippen LogP contribution >= 0.6 is 0 Å². The summed E-state index contributed by atoms with van der Waals surface area (Å²) in [5.74, 6) is -0.0194. The monoisotopic (exact) mass is 300 g/mol. The third-order valence-corrected chi connectivity index (χ3v) is 3.67. The molecule has 2 aromatic rings. The van der Waals surface area contributed by atoms with Gasteiger partial charge in [0, 0.05) is 50.1 Å². The number of hydrogen-bond acceptors (Lipinski definition) is 2. The maximum Gasteiger partial charge on any atom is 0.253 e. The van der Waals surface area contributed by atoms with Crippen LogP contribution in [-0.2, 0) is 6.54 Å². The Kier molecular flexibility index (Phi) is 5.03. The number of aliphatic hydroxyl groups is 1. The lowest BCUT2D eigenvalue weighted by atomic mass is 9.94. The Labute approximate surface area is 132 Å². The highest BCUT2D eigenvalue weighted by molar-refractivity contribution is 5.94. The number of carbonyl (C=O) groups excluding carboxylic acids is 1. The lowest BCUT2D eigenvalue weighted by Crippen LogP contribution is -2.37. The molecule has 118 valence electrons. The van der Waals surface area contributed by atoms with Gasteiger partial charge in [-0.25, -0.2) is 0 Å². The van der Waals surface area contributed by atoms with Crippen molar-refractivity contribution in [1.82, 2.24) is 9.47 Å². The summed E-state index contributed by atoms with van der Waals surface area (Å²) in [5.41, 5.74) is 1.54. The van der Waals surface area contributed by atoms with Gasteiger partial charge in [0.2, 0.25) is 0 Å². The first-order valence-electron chi connectivity index (χ1n) is 7.47. The zero-order chi connectivity index (χ0) is 16.2. The highest BCUT2D eigenvalue weighted by atomic mass is 16.3. The van der Waals surface area contributed by atoms with Crippen LogP contribution in [0.15, 0.2) is 48.8 Å². The van der Waals surface area contributed by atoms with Crippen LogP contribution in [0.2, 0.25) is 0 Å². The summed E-state index contributed by atoms with van der Waals surface area (Å²) < 4.78 is 2.09. The molecule has 0 bridgehead atoms. The number of aromatic nitrogens is 1. The van der Waals surface area contributed by atoms with Gasteiger partial charge < -0.3 is 14.6 Å². The first-order valence-corrected chi connectivity index (χ1v) is 7.47. The van der Waals surface area contributed by atoms with Gasteiger partial charge in [0.15, 0.2) is 0 Å². The van der Waals surface area contributed by atoms with E-state index in [4.69, 9.17) is 0 Å². The van der Waals surface area contributed by atoms with Crippen LogP contribution in [-0.4, -0.2) is 40.7 Å². The minimum atomic E-state index is -0.293. The van der Waals surface area contributed by atoms with Crippen molar-refractivity contribution in [2.75, 3.05) is 20.2 Å². The van der Waals surface area contributed by atoms with Gasteiger partial charge in [-0.2, -0.15) is 0 Å². The van der Waals surface area contributed by atoms with Crippen LogP contribution in [0.1, 0.15) is 29.8 Å². The van der Waals surface area contributed by atoms with Gasteiger partial charge in [-0.05, 0) is 29.8 Å². The van der Waals surface area contributed by atoms with E-state index < -0.39 is 0 Å². The fourth-order valence-electron chi connectivity index (χ4n) is 2.42. The standard InChI is InChI=1S/C18H24N2O2/c1-18(2,14-21)13-19(3)17(22)16-8-6-15(7-9-16)12-20-10-4-5-11-20/h4-11,21H,12-14H2,1-3H3. The van der Waals surface area contributed by atoms with Crippen molar-refractivity contribution in [3.05, 3.63) is 59.9 Å². The highest BCUT2D eigenvalue weighted by Crippen LogP contribution is 2.17. The molecule has 0 saturated heterocycles. The summed E-state index contributed by atoms with van der Waals surface area (Å²) in [6, 6.07) is 11.7. The van der Waals surface area contributed by atoms with Gasteiger partial charge in [-0.1, -0.05) is 26.0 Å². The summed E-state index contributed by atoms with van der Waals surface area (Å²) in [5, 5.41) is 9.31. The van der Waals surface area contributed by atoms with E-state index >= 15 is 0 Å². The second-order valence-electron chi connectivity index (χ2n) is 6.54. The van der Waals surface area contributed by atoms with Crippen molar-refractivity contribution in [1.29, 1.82) is 0 Å². The molecular weight excluding hydrogens is 276 g/mol. The maximum atomic E-state index is 12.4. The van der Waals surface area contributed by atoms with Crippen LogP contribution < -0.4 is 0 Å². The molecule has 4 heteroatoms. The Morgan fingerprint density at radius 3 is 2.32 bits per heavy atom. The van der Waals surface area contributed by atoms with Crippen LogP contribution in [0.25, 0.3) is 0 Å². The maximum absolute atomic E-state index is 12.4. The topological polar surface area (TPSA) is 45.5 Å². The third-order valence-electron chi connectivity index (χ3n) is 3.67. The SMILES string of the molecule is CN(CC(C)(C)CO)C(=O)c1ccc(Cn2cccc2)cc1. The summed E-state index contributed by atoms with van der Waals surface area (Å²) in [4.78, 5) is 14.1. The van der Waals surface area contributed by atoms with Crippen molar-refractivity contribution in [3.8, 4) is 0 Å². The van der Waals surface area contributed by atoms with E-state index in [1.165, 1.54) is 0 Å². The van der Waals surface area contributed by atoms with Crippen molar-refractivity contribution in [2.45, 2.75) is 20.4 Å². The molecule has 0 saturated carbocycles. The fourth-order valence-corrected chi connectivity index (χ4v) is 2.42. The van der Waals surface area contributed by atoms with Gasteiger partial charge in [-0.15, -0.1) is 0 Å². The van der Waals surface area contributed by atoms with E-state index in [2.05, 4.69) is 4.57 Å². The largest absolute Gasteiger partial charge is 0.396 e. The average molecular weight is 300 g/mol. The normalized spacial score (nSPS) is 11.5. The van der Waals surface area contributed by atoms with Crippen LogP contribution in [0.5, 0.6) is 0 Å². The number of carbonyl (C=O) groups is 1. The molecule has 0 radical (unpaired) electrons. The molecule has 0 atom stereocenters. The number of hydrogen-bond donors (Lipinski definition) is 1. The van der Waals surface area contributed by atoms with Crippen LogP contribution in [0, 0.1) is 5.41 Å². The van der Waals surface area contributed by atoms with Crippen LogP contribution in [0.4, 0.5) is 0 Å². The zero-order valence-electron chi connectivity index (χ0n) is 13.5. The molecule has 1 aromatic carbocycles. The quantitative estimate of drug-likeness (QED) is 0.891. The van der Waals surface area contributed by atoms with Gasteiger partial charge >= 0.3 is 0 Å². The predicted molar refractivity (Wildman–Crippen MR) is 87.8 cm³/mol. The van der Waals surface area contributed by atoms with Gasteiger partial charge in [0.05, 0.1) is 0 Å². The van der Waals surface area contributed by atoms with E-state index in [1.807, 2.05) is 62.6 Å². The summed E-state index contributed by atoms with van der Waals surface area (Å²) in [6.45, 7) is 5.26. The Morgan fingerprint density at radius 2 is 1.77 bits per heavy atom. The van der Waals surface area contributed by atoms with Crippen molar-refractivity contribution < 1.29 is 9.90 Å². The Balaban J connectivity index is 2.01. The molecule has 0 aliphatic rings. The molecule has 1 amide bonds. The summed E-state index contributed by atoms with van der Waals surface area (Å²) in [7, 11) is 1.77. The number of rotatable bonds is 6. The molecular formula is C18H24N2O2. The molecule has 22 heavy (non-hydrogen) atoms. The Hall–Kier alpha value is -2.07. The van der Waals surface area contributed by atoms with E-state index in [-0.39, 0.29) is 17.9 Å². The summed E-state index contributed by atoms with van der Waals surface area (Å²) in [6.07, 6.45) is 4.04. The van der Waals surface area contributed by atoms with E-state index in [9.17, 15) is 9.90 Å². The molecule has 0 spiro atoms. The van der Waals surface area contributed by atoms with E-state index in [0.717, 1.165) is 12.1 Å². The fraction of sp³-hybridized carbons (Fsp3) is 0.389. The first-order chi connectivity index (χ1) is 10.4. The molecule has 1 heterocycles. The van der Waals surface area contributed by atoms with Gasteiger partial charge in [0.25, 0.3) is 5.91 Å². The molecule has 0 unspecified atom stereocenters. The number of aliphatic hydroxyl groups excluding tert-OH is 1. The molecule has 4 nitrogen and oxygen atoms in total. The van der Waals surface area contributed by atoms with Crippen molar-refractivity contribution >= 4 is 5.91 Å². The summed E-state index contributed by atoms with van der Waals surface area (Å²) >= 11 is 0. The van der Waals surface area contributed by atoms with Crippen molar-refractivity contribution in [2.24, 2.45) is 5.41 Å². The number of amides is 1. The molecule has 0 aliphatic carbocycles. The number of benzene rings is 1. The average Bonchev–Trinajstić information content (AvgIpc) is 3.00. The van der Waals surface area contributed by atoms with Gasteiger partial charge in [0.1, 0.15) is 0 Å². The second kappa shape index (κ2) is 6.79.